The number of nitrogens with one attached hydrogen (secondary N) is 1. The molecule has 2 aliphatic rings. The summed E-state index contributed by atoms with van der Waals surface area (Å²) in [5, 5.41) is 18.2. The van der Waals surface area contributed by atoms with Crippen molar-refractivity contribution in [3.63, 3.8) is 0 Å². The number of hydrogen-bond donors (Lipinski definition) is 3. The number of amides is 2. The fourth-order valence-electron chi connectivity index (χ4n) is 4.10. The number of likely N-dealkylation sites (tertiary alicyclic amines) is 1. The molecule has 0 atom stereocenters. The number of hydrogen-bond acceptors (Lipinski definition) is 5. The van der Waals surface area contributed by atoms with Crippen LogP contribution in [0.25, 0.3) is 5.57 Å². The number of carbonyl (C=O) groups is 2. The summed E-state index contributed by atoms with van der Waals surface area (Å²) in [6, 6.07) is 1.09. The van der Waals surface area contributed by atoms with E-state index in [1.807, 2.05) is 0 Å². The van der Waals surface area contributed by atoms with E-state index in [4.69, 9.17) is 10.3 Å². The van der Waals surface area contributed by atoms with Gasteiger partial charge in [-0.05, 0) is 24.8 Å². The molecule has 0 radical (unpaired) electrons. The molecular weight excluding hydrogens is 455 g/mol. The Labute approximate surface area is 182 Å². The van der Waals surface area contributed by atoms with Crippen LogP contribution in [0.5, 0.6) is 0 Å². The average Bonchev–Trinajstić information content (AvgIpc) is 2.72. The highest BCUT2D eigenvalue weighted by molar-refractivity contribution is 7.89. The minimum atomic E-state index is -4.06. The third-order valence-electron chi connectivity index (χ3n) is 5.93. The van der Waals surface area contributed by atoms with Gasteiger partial charge in [-0.15, -0.1) is 0 Å². The first-order chi connectivity index (χ1) is 15.0. The maximum atomic E-state index is 14.0. The first-order valence-corrected chi connectivity index (χ1v) is 11.3. The second-order valence-corrected chi connectivity index (χ2v) is 9.80. The van der Waals surface area contributed by atoms with E-state index in [1.165, 1.54) is 11.6 Å². The molecule has 0 bridgehead atoms. The Hall–Kier alpha value is -2.64. The van der Waals surface area contributed by atoms with Crippen molar-refractivity contribution in [2.75, 3.05) is 31.9 Å². The van der Waals surface area contributed by atoms with Crippen LogP contribution in [0.15, 0.2) is 18.2 Å². The number of piperidine rings is 1. The largest absolute Gasteiger partial charge is 0.465 e. The molecular formula is C19H22F3N3O6S. The van der Waals surface area contributed by atoms with Crippen molar-refractivity contribution >= 4 is 27.6 Å². The van der Waals surface area contributed by atoms with Gasteiger partial charge in [0.1, 0.15) is 17.5 Å². The van der Waals surface area contributed by atoms with Crippen molar-refractivity contribution in [2.24, 2.45) is 5.41 Å². The van der Waals surface area contributed by atoms with Crippen LogP contribution >= 0.6 is 0 Å². The summed E-state index contributed by atoms with van der Waals surface area (Å²) in [6.07, 6.45) is -0.117. The lowest BCUT2D eigenvalue weighted by atomic mass is 9.79. The third-order valence-corrected chi connectivity index (χ3v) is 7.96. The molecule has 176 valence electrons. The molecule has 1 saturated heterocycles. The highest BCUT2D eigenvalue weighted by Gasteiger charge is 2.47. The molecule has 0 unspecified atom stereocenters. The number of nitrogens with zero attached hydrogens (tertiary/aromatic N) is 2. The fraction of sp³-hybridized carbons (Fsp3) is 0.474. The topological polar surface area (TPSA) is 127 Å². The van der Waals surface area contributed by atoms with E-state index in [2.05, 4.69) is 0 Å². The van der Waals surface area contributed by atoms with Gasteiger partial charge in [0.25, 0.3) is 5.91 Å². The minimum Gasteiger partial charge on any atom is -0.465 e. The molecule has 2 aliphatic heterocycles. The van der Waals surface area contributed by atoms with E-state index in [0.717, 1.165) is 9.21 Å². The second-order valence-electron chi connectivity index (χ2n) is 7.83. The highest BCUT2D eigenvalue weighted by Crippen LogP contribution is 2.36. The van der Waals surface area contributed by atoms with Crippen LogP contribution in [0.2, 0.25) is 0 Å². The number of benzene rings is 1. The van der Waals surface area contributed by atoms with E-state index in [1.54, 1.807) is 0 Å². The van der Waals surface area contributed by atoms with Gasteiger partial charge in [0.2, 0.25) is 10.0 Å². The molecule has 3 N–H and O–H groups in total. The molecule has 0 saturated carbocycles. The zero-order valence-corrected chi connectivity index (χ0v) is 17.7. The van der Waals surface area contributed by atoms with Gasteiger partial charge in [-0.25, -0.2) is 31.9 Å². The van der Waals surface area contributed by atoms with Crippen molar-refractivity contribution in [1.29, 1.82) is 0 Å². The van der Waals surface area contributed by atoms with E-state index < -0.39 is 56.2 Å². The molecule has 0 aliphatic carbocycles. The molecule has 9 nitrogen and oxygen atoms in total. The van der Waals surface area contributed by atoms with E-state index >= 15 is 0 Å². The Kier molecular flexibility index (Phi) is 6.81. The second kappa shape index (κ2) is 9.08. The predicted molar refractivity (Wildman–Crippen MR) is 105 cm³/mol. The van der Waals surface area contributed by atoms with Gasteiger partial charge < -0.3 is 10.0 Å². The lowest BCUT2D eigenvalue weighted by molar-refractivity contribution is -0.141. The first kappa shape index (κ1) is 24.0. The number of carboxylic acid groups (broad SMARTS) is 1. The van der Waals surface area contributed by atoms with Crippen molar-refractivity contribution in [1.82, 2.24) is 14.7 Å². The Bertz CT molecular complexity index is 1030. The molecule has 1 fully saturated rings. The van der Waals surface area contributed by atoms with Gasteiger partial charge in [0.05, 0.1) is 11.2 Å². The maximum Gasteiger partial charge on any atom is 0.407 e. The van der Waals surface area contributed by atoms with Crippen molar-refractivity contribution < 1.29 is 41.5 Å². The van der Waals surface area contributed by atoms with Gasteiger partial charge in [0, 0.05) is 43.9 Å². The normalized spacial score (nSPS) is 19.4. The van der Waals surface area contributed by atoms with Gasteiger partial charge in [-0.2, -0.15) is 4.31 Å². The molecule has 2 heterocycles. The molecule has 0 spiro atoms. The van der Waals surface area contributed by atoms with Crippen LogP contribution in [0.3, 0.4) is 0 Å². The van der Waals surface area contributed by atoms with Crippen LogP contribution in [0, 0.1) is 22.9 Å². The predicted octanol–water partition coefficient (Wildman–Crippen LogP) is 1.79. The van der Waals surface area contributed by atoms with Crippen LogP contribution < -0.4 is 5.48 Å². The summed E-state index contributed by atoms with van der Waals surface area (Å²) in [4.78, 5) is 24.5. The Morgan fingerprint density at radius 1 is 1.09 bits per heavy atom. The van der Waals surface area contributed by atoms with Gasteiger partial charge in [0.15, 0.2) is 0 Å². The van der Waals surface area contributed by atoms with Crippen LogP contribution in [0.4, 0.5) is 18.0 Å². The fourth-order valence-corrected chi connectivity index (χ4v) is 6.07. The van der Waals surface area contributed by atoms with E-state index in [9.17, 15) is 31.2 Å². The van der Waals surface area contributed by atoms with E-state index in [-0.39, 0.29) is 51.0 Å². The van der Waals surface area contributed by atoms with Gasteiger partial charge in [-0.1, -0.05) is 6.08 Å². The lowest BCUT2D eigenvalue weighted by Crippen LogP contribution is -2.54. The molecule has 1 aromatic carbocycles. The van der Waals surface area contributed by atoms with Crippen LogP contribution in [-0.2, 0) is 14.8 Å². The number of halogens is 3. The summed E-state index contributed by atoms with van der Waals surface area (Å²) >= 11 is 0. The third kappa shape index (κ3) is 4.74. The van der Waals surface area contributed by atoms with Crippen molar-refractivity contribution in [2.45, 2.75) is 19.3 Å². The molecule has 0 aromatic heterocycles. The quantitative estimate of drug-likeness (QED) is 0.438. The van der Waals surface area contributed by atoms with Crippen LogP contribution in [-0.4, -0.2) is 71.9 Å². The standard InChI is InChI=1S/C19H22F3N3O6S/c20-13-9-14(21)16(15(22)10-13)12-1-5-25(6-2-12)32(30,31)11-19(17(26)23-29)3-7-24(8-4-19)18(27)28/h1,9-10,29H,2-8,11H2,(H,23,26)(H,27,28). The number of hydroxylamine groups is 1. The number of carbonyl (C=O) groups excluding carboxylic acids is 1. The summed E-state index contributed by atoms with van der Waals surface area (Å²) in [6.45, 7) is -0.495. The Morgan fingerprint density at radius 2 is 1.69 bits per heavy atom. The Morgan fingerprint density at radius 3 is 2.16 bits per heavy atom. The average molecular weight is 477 g/mol. The lowest BCUT2D eigenvalue weighted by Gasteiger charge is -2.40. The van der Waals surface area contributed by atoms with Gasteiger partial charge >= 0.3 is 6.09 Å². The summed E-state index contributed by atoms with van der Waals surface area (Å²) in [5.74, 6) is -4.83. The Balaban J connectivity index is 1.78. The molecule has 2 amide bonds. The van der Waals surface area contributed by atoms with E-state index in [0.29, 0.717) is 12.1 Å². The van der Waals surface area contributed by atoms with Crippen molar-refractivity contribution in [3.05, 3.63) is 41.2 Å². The van der Waals surface area contributed by atoms with Crippen LogP contribution in [0.1, 0.15) is 24.8 Å². The highest BCUT2D eigenvalue weighted by atomic mass is 32.2. The molecule has 32 heavy (non-hydrogen) atoms. The molecule has 1 aromatic rings. The van der Waals surface area contributed by atoms with Gasteiger partial charge in [-0.3, -0.25) is 10.0 Å². The smallest absolute Gasteiger partial charge is 0.407 e. The van der Waals surface area contributed by atoms with Crippen molar-refractivity contribution in [3.8, 4) is 0 Å². The number of sulfonamides is 1. The zero-order valence-electron chi connectivity index (χ0n) is 16.9. The molecule has 13 heteroatoms. The molecule has 3 rings (SSSR count). The minimum absolute atomic E-state index is 0.0370. The summed E-state index contributed by atoms with van der Waals surface area (Å²) in [5.41, 5.74) is -0.270. The number of rotatable bonds is 5. The SMILES string of the molecule is O=C(O)N1CCC(CS(=O)(=O)N2CC=C(c3c(F)cc(F)cc3F)CC2)(C(=O)NO)CC1. The zero-order chi connectivity index (χ0) is 23.7. The first-order valence-electron chi connectivity index (χ1n) is 9.73. The summed E-state index contributed by atoms with van der Waals surface area (Å²) in [7, 11) is -4.06. The summed E-state index contributed by atoms with van der Waals surface area (Å²) < 4.78 is 68.3. The monoisotopic (exact) mass is 477 g/mol. The maximum absolute atomic E-state index is 14.0.